The number of aryl methyl sites for hydroxylation is 1. The summed E-state index contributed by atoms with van der Waals surface area (Å²) in [5.41, 5.74) is 2.02. The summed E-state index contributed by atoms with van der Waals surface area (Å²) in [7, 11) is -3.51. The first-order chi connectivity index (χ1) is 14.9. The number of carbonyl (C=O) groups is 1. The number of nitrogens with one attached hydrogen (secondary N) is 1. The Bertz CT molecular complexity index is 1020. The van der Waals surface area contributed by atoms with E-state index in [0.717, 1.165) is 31.2 Å². The van der Waals surface area contributed by atoms with Crippen LogP contribution in [0.1, 0.15) is 37.3 Å². The standard InChI is InChI=1S/C24H30N2O4S/c1-18-11-14-26(15-12-18)31(28,29)21-9-10-22-20(16-21)17-23(30-22)24(27)25-13-5-8-19-6-3-2-4-7-19/h2-4,6-7,9-10,16,18,23H,5,8,11-15,17H2,1H3,(H,25,27). The molecule has 0 aromatic heterocycles. The number of sulfonamides is 1. The fourth-order valence-electron chi connectivity index (χ4n) is 4.17. The summed E-state index contributed by atoms with van der Waals surface area (Å²) < 4.78 is 33.4. The Morgan fingerprint density at radius 1 is 1.13 bits per heavy atom. The van der Waals surface area contributed by atoms with Crippen LogP contribution in [0.2, 0.25) is 0 Å². The van der Waals surface area contributed by atoms with E-state index in [1.165, 1.54) is 5.56 Å². The number of benzene rings is 2. The average Bonchev–Trinajstić information content (AvgIpc) is 3.21. The molecule has 1 N–H and O–H groups in total. The van der Waals surface area contributed by atoms with Gasteiger partial charge in [0.15, 0.2) is 6.10 Å². The van der Waals surface area contributed by atoms with Gasteiger partial charge >= 0.3 is 0 Å². The molecule has 1 unspecified atom stereocenters. The monoisotopic (exact) mass is 442 g/mol. The average molecular weight is 443 g/mol. The molecule has 166 valence electrons. The first-order valence-corrected chi connectivity index (χ1v) is 12.5. The predicted molar refractivity (Wildman–Crippen MR) is 119 cm³/mol. The van der Waals surface area contributed by atoms with E-state index in [2.05, 4.69) is 24.4 Å². The molecule has 4 rings (SSSR count). The minimum Gasteiger partial charge on any atom is -0.480 e. The summed E-state index contributed by atoms with van der Waals surface area (Å²) in [5, 5.41) is 2.94. The maximum atomic E-state index is 13.0. The predicted octanol–water partition coefficient (Wildman–Crippen LogP) is 3.16. The molecule has 31 heavy (non-hydrogen) atoms. The van der Waals surface area contributed by atoms with Crippen molar-refractivity contribution in [3.63, 3.8) is 0 Å². The second kappa shape index (κ2) is 9.40. The molecule has 0 radical (unpaired) electrons. The zero-order valence-electron chi connectivity index (χ0n) is 17.9. The van der Waals surface area contributed by atoms with E-state index in [4.69, 9.17) is 4.74 Å². The topological polar surface area (TPSA) is 75.7 Å². The van der Waals surface area contributed by atoms with Crippen molar-refractivity contribution in [1.29, 1.82) is 0 Å². The van der Waals surface area contributed by atoms with Crippen molar-refractivity contribution >= 4 is 15.9 Å². The highest BCUT2D eigenvalue weighted by molar-refractivity contribution is 7.89. The van der Waals surface area contributed by atoms with Gasteiger partial charge in [-0.05, 0) is 60.9 Å². The minimum absolute atomic E-state index is 0.154. The molecule has 1 atom stereocenters. The van der Waals surface area contributed by atoms with Crippen LogP contribution in [0.25, 0.3) is 0 Å². The van der Waals surface area contributed by atoms with Gasteiger partial charge in [0.1, 0.15) is 5.75 Å². The summed E-state index contributed by atoms with van der Waals surface area (Å²) in [5.74, 6) is 1.00. The molecule has 2 aromatic carbocycles. The second-order valence-electron chi connectivity index (χ2n) is 8.55. The van der Waals surface area contributed by atoms with Gasteiger partial charge in [-0.25, -0.2) is 8.42 Å². The highest BCUT2D eigenvalue weighted by atomic mass is 32.2. The Hall–Kier alpha value is -2.38. The van der Waals surface area contributed by atoms with Gasteiger partial charge < -0.3 is 10.1 Å². The van der Waals surface area contributed by atoms with Crippen LogP contribution in [0, 0.1) is 5.92 Å². The second-order valence-corrected chi connectivity index (χ2v) is 10.5. The zero-order valence-corrected chi connectivity index (χ0v) is 18.7. The third-order valence-corrected chi connectivity index (χ3v) is 8.06. The number of carbonyl (C=O) groups excluding carboxylic acids is 1. The molecule has 7 heteroatoms. The van der Waals surface area contributed by atoms with Gasteiger partial charge in [0, 0.05) is 26.1 Å². The third-order valence-electron chi connectivity index (χ3n) is 6.16. The van der Waals surface area contributed by atoms with Crippen LogP contribution in [-0.4, -0.2) is 44.4 Å². The number of ether oxygens (including phenoxy) is 1. The molecular formula is C24H30N2O4S. The van der Waals surface area contributed by atoms with Crippen LogP contribution in [0.15, 0.2) is 53.4 Å². The lowest BCUT2D eigenvalue weighted by Gasteiger charge is -2.29. The van der Waals surface area contributed by atoms with Crippen LogP contribution in [0.5, 0.6) is 5.75 Å². The van der Waals surface area contributed by atoms with E-state index in [1.54, 1.807) is 22.5 Å². The lowest BCUT2D eigenvalue weighted by atomic mass is 10.0. The number of amides is 1. The highest BCUT2D eigenvalue weighted by Gasteiger charge is 2.32. The molecule has 0 saturated carbocycles. The Kier molecular flexibility index (Phi) is 6.62. The van der Waals surface area contributed by atoms with Crippen molar-refractivity contribution in [2.45, 2.75) is 50.0 Å². The molecule has 1 saturated heterocycles. The van der Waals surface area contributed by atoms with Crippen LogP contribution in [0.3, 0.4) is 0 Å². The fraction of sp³-hybridized carbons (Fsp3) is 0.458. The lowest BCUT2D eigenvalue weighted by molar-refractivity contribution is -0.127. The van der Waals surface area contributed by atoms with Gasteiger partial charge in [0.2, 0.25) is 10.0 Å². The fourth-order valence-corrected chi connectivity index (χ4v) is 5.69. The quantitative estimate of drug-likeness (QED) is 0.669. The minimum atomic E-state index is -3.51. The van der Waals surface area contributed by atoms with Crippen molar-refractivity contribution in [3.8, 4) is 5.75 Å². The third kappa shape index (κ3) is 5.10. The van der Waals surface area contributed by atoms with Gasteiger partial charge in [-0.15, -0.1) is 0 Å². The zero-order chi connectivity index (χ0) is 21.8. The van der Waals surface area contributed by atoms with Crippen molar-refractivity contribution in [2.24, 2.45) is 5.92 Å². The molecule has 0 bridgehead atoms. The Balaban J connectivity index is 1.32. The van der Waals surface area contributed by atoms with Crippen LogP contribution in [0.4, 0.5) is 0 Å². The Labute approximate surface area is 184 Å². The van der Waals surface area contributed by atoms with E-state index in [9.17, 15) is 13.2 Å². The molecule has 1 fully saturated rings. The number of hydrogen-bond acceptors (Lipinski definition) is 4. The smallest absolute Gasteiger partial charge is 0.261 e. The maximum absolute atomic E-state index is 13.0. The van der Waals surface area contributed by atoms with Crippen molar-refractivity contribution in [3.05, 3.63) is 59.7 Å². The van der Waals surface area contributed by atoms with Gasteiger partial charge in [0.25, 0.3) is 5.91 Å². The molecule has 2 aromatic rings. The summed E-state index contributed by atoms with van der Waals surface area (Å²) in [4.78, 5) is 12.8. The summed E-state index contributed by atoms with van der Waals surface area (Å²) >= 11 is 0. The first-order valence-electron chi connectivity index (χ1n) is 11.0. The van der Waals surface area contributed by atoms with Gasteiger partial charge in [-0.1, -0.05) is 37.3 Å². The molecule has 6 nitrogen and oxygen atoms in total. The molecule has 0 aliphatic carbocycles. The molecule has 2 aliphatic rings. The Morgan fingerprint density at radius 2 is 1.87 bits per heavy atom. The van der Waals surface area contributed by atoms with E-state index < -0.39 is 16.1 Å². The number of rotatable bonds is 7. The molecule has 1 amide bonds. The van der Waals surface area contributed by atoms with E-state index in [0.29, 0.717) is 37.7 Å². The maximum Gasteiger partial charge on any atom is 0.261 e. The van der Waals surface area contributed by atoms with Gasteiger partial charge in [-0.3, -0.25) is 4.79 Å². The van der Waals surface area contributed by atoms with Gasteiger partial charge in [0.05, 0.1) is 4.90 Å². The largest absolute Gasteiger partial charge is 0.480 e. The van der Waals surface area contributed by atoms with Crippen molar-refractivity contribution in [1.82, 2.24) is 9.62 Å². The first kappa shape index (κ1) is 21.8. The Morgan fingerprint density at radius 3 is 2.61 bits per heavy atom. The number of hydrogen-bond donors (Lipinski definition) is 1. The van der Waals surface area contributed by atoms with Crippen molar-refractivity contribution < 1.29 is 17.9 Å². The molecule has 0 spiro atoms. The summed E-state index contributed by atoms with van der Waals surface area (Å²) in [6.45, 7) is 3.86. The van der Waals surface area contributed by atoms with E-state index in [-0.39, 0.29) is 10.8 Å². The SMILES string of the molecule is CC1CCN(S(=O)(=O)c2ccc3c(c2)CC(C(=O)NCCCc2ccccc2)O3)CC1. The lowest BCUT2D eigenvalue weighted by Crippen LogP contribution is -2.38. The normalized spacial score (nSPS) is 19.6. The van der Waals surface area contributed by atoms with Crippen LogP contribution in [-0.2, 0) is 27.7 Å². The van der Waals surface area contributed by atoms with E-state index >= 15 is 0 Å². The van der Waals surface area contributed by atoms with Crippen molar-refractivity contribution in [2.75, 3.05) is 19.6 Å². The van der Waals surface area contributed by atoms with Crippen LogP contribution >= 0.6 is 0 Å². The molecule has 2 aliphatic heterocycles. The number of piperidine rings is 1. The highest BCUT2D eigenvalue weighted by Crippen LogP contribution is 2.32. The van der Waals surface area contributed by atoms with Gasteiger partial charge in [-0.2, -0.15) is 4.31 Å². The summed E-state index contributed by atoms with van der Waals surface area (Å²) in [6.07, 6.45) is 3.32. The summed E-state index contributed by atoms with van der Waals surface area (Å²) in [6, 6.07) is 15.1. The molecular weight excluding hydrogens is 412 g/mol. The number of fused-ring (bicyclic) bond motifs is 1. The molecule has 2 heterocycles. The van der Waals surface area contributed by atoms with Crippen LogP contribution < -0.4 is 10.1 Å². The number of nitrogens with zero attached hydrogens (tertiary/aromatic N) is 1. The van der Waals surface area contributed by atoms with E-state index in [1.807, 2.05) is 18.2 Å².